The number of hydrogen-bond acceptors (Lipinski definition) is 2. The monoisotopic (exact) mass is 432 g/mol. The van der Waals surface area contributed by atoms with Crippen molar-refractivity contribution in [2.75, 3.05) is 10.6 Å². The van der Waals surface area contributed by atoms with Crippen LogP contribution >= 0.6 is 23.8 Å². The maximum Gasteiger partial charge on any atom is 0.200 e. The summed E-state index contributed by atoms with van der Waals surface area (Å²) in [6, 6.07) is 8.12. The summed E-state index contributed by atoms with van der Waals surface area (Å²) in [6.07, 6.45) is 1.30. The van der Waals surface area contributed by atoms with Crippen molar-refractivity contribution >= 4 is 40.4 Å². The van der Waals surface area contributed by atoms with Gasteiger partial charge in [-0.1, -0.05) is 11.6 Å². The Kier molecular flexibility index (Phi) is 5.80. The minimum absolute atomic E-state index is 0.170. The van der Waals surface area contributed by atoms with Gasteiger partial charge in [0.2, 0.25) is 5.82 Å². The maximum atomic E-state index is 13.8. The van der Waals surface area contributed by atoms with E-state index in [0.29, 0.717) is 10.7 Å². The summed E-state index contributed by atoms with van der Waals surface area (Å²) in [4.78, 5) is 0. The topological polar surface area (TPSA) is 41.9 Å². The van der Waals surface area contributed by atoms with Gasteiger partial charge < -0.3 is 10.6 Å². The summed E-state index contributed by atoms with van der Waals surface area (Å²) in [7, 11) is 0. The van der Waals surface area contributed by atoms with Gasteiger partial charge in [0, 0.05) is 23.0 Å². The van der Waals surface area contributed by atoms with Gasteiger partial charge in [0.05, 0.1) is 12.1 Å². The Morgan fingerprint density at radius 3 is 2.07 bits per heavy atom. The van der Waals surface area contributed by atoms with Crippen LogP contribution in [0.4, 0.5) is 33.5 Å². The fourth-order valence-corrected chi connectivity index (χ4v) is 2.63. The molecule has 0 radical (unpaired) electrons. The van der Waals surface area contributed by atoms with Crippen LogP contribution in [0.2, 0.25) is 5.02 Å². The van der Waals surface area contributed by atoms with Gasteiger partial charge in [0.25, 0.3) is 0 Å². The fraction of sp³-hybridized carbons (Fsp3) is 0.0588. The zero-order chi connectivity index (χ0) is 20.4. The van der Waals surface area contributed by atoms with E-state index >= 15 is 0 Å². The Hall–Kier alpha value is -2.72. The molecule has 0 aliphatic carbocycles. The van der Waals surface area contributed by atoms with E-state index in [9.17, 15) is 22.0 Å². The summed E-state index contributed by atoms with van der Waals surface area (Å²) in [5.41, 5.74) is -0.337. The Balaban J connectivity index is 1.71. The quantitative estimate of drug-likeness (QED) is 0.261. The van der Waals surface area contributed by atoms with Crippen molar-refractivity contribution in [3.63, 3.8) is 0 Å². The van der Waals surface area contributed by atoms with E-state index in [4.69, 9.17) is 23.8 Å². The summed E-state index contributed by atoms with van der Waals surface area (Å²) in [6.45, 7) is -0.662. The Morgan fingerprint density at radius 2 is 1.46 bits per heavy atom. The van der Waals surface area contributed by atoms with E-state index in [-0.39, 0.29) is 10.9 Å². The second kappa shape index (κ2) is 8.11. The molecule has 0 bridgehead atoms. The number of hydrogen-bond donors (Lipinski definition) is 2. The summed E-state index contributed by atoms with van der Waals surface area (Å²) in [5, 5.41) is 10.3. The molecule has 0 amide bonds. The lowest BCUT2D eigenvalue weighted by atomic mass is 10.1. The number of nitrogens with zero attached hydrogens (tertiary/aromatic N) is 2. The first kappa shape index (κ1) is 20.0. The van der Waals surface area contributed by atoms with Gasteiger partial charge in [-0.15, -0.1) is 0 Å². The Bertz CT molecular complexity index is 1010. The Morgan fingerprint density at radius 1 is 0.893 bits per heavy atom. The number of anilines is 2. The molecule has 1 aromatic heterocycles. The lowest BCUT2D eigenvalue weighted by Gasteiger charge is -2.09. The highest BCUT2D eigenvalue weighted by molar-refractivity contribution is 7.80. The van der Waals surface area contributed by atoms with E-state index in [1.54, 1.807) is 24.3 Å². The average molecular weight is 433 g/mol. The van der Waals surface area contributed by atoms with Gasteiger partial charge in [-0.05, 0) is 36.5 Å². The highest BCUT2D eigenvalue weighted by Gasteiger charge is 2.25. The zero-order valence-electron chi connectivity index (χ0n) is 13.7. The van der Waals surface area contributed by atoms with Crippen LogP contribution in [0.3, 0.4) is 0 Å². The number of halogens is 6. The van der Waals surface area contributed by atoms with Crippen LogP contribution in [-0.4, -0.2) is 14.9 Å². The van der Waals surface area contributed by atoms with Crippen LogP contribution in [0.15, 0.2) is 36.5 Å². The number of nitrogens with one attached hydrogen (secondary N) is 2. The number of benzene rings is 2. The van der Waals surface area contributed by atoms with Crippen molar-refractivity contribution in [3.05, 3.63) is 76.2 Å². The highest BCUT2D eigenvalue weighted by atomic mass is 35.5. The van der Waals surface area contributed by atoms with E-state index in [2.05, 4.69) is 15.7 Å². The summed E-state index contributed by atoms with van der Waals surface area (Å²) in [5.74, 6) is -9.82. The van der Waals surface area contributed by atoms with Gasteiger partial charge in [-0.2, -0.15) is 5.10 Å². The van der Waals surface area contributed by atoms with Gasteiger partial charge in [0.15, 0.2) is 34.2 Å². The van der Waals surface area contributed by atoms with Crippen LogP contribution in [0.25, 0.3) is 0 Å². The third-order valence-electron chi connectivity index (χ3n) is 3.61. The molecular formula is C17H10ClF5N4S. The summed E-state index contributed by atoms with van der Waals surface area (Å²) < 4.78 is 68.2. The molecule has 0 atom stereocenters. The molecule has 0 saturated carbocycles. The van der Waals surface area contributed by atoms with Gasteiger partial charge in [-0.3, -0.25) is 4.68 Å². The standard InChI is InChI=1S/C17H10ClF5N4S/c18-8-1-3-9(4-2-8)24-17(28)25-11-5-6-27(26-11)7-10-12(19)14(21)16(23)15(22)13(10)20/h1-6H,7H2,(H2,24,25,26,28). The van der Waals surface area contributed by atoms with Crippen molar-refractivity contribution < 1.29 is 22.0 Å². The predicted octanol–water partition coefficient (Wildman–Crippen LogP) is 5.09. The van der Waals surface area contributed by atoms with Crippen LogP contribution in [0.1, 0.15) is 5.56 Å². The van der Waals surface area contributed by atoms with E-state index < -0.39 is 41.2 Å². The van der Waals surface area contributed by atoms with Crippen LogP contribution in [-0.2, 0) is 6.54 Å². The van der Waals surface area contributed by atoms with Gasteiger partial charge in [-0.25, -0.2) is 22.0 Å². The number of rotatable bonds is 4. The van der Waals surface area contributed by atoms with E-state index in [0.717, 1.165) is 4.68 Å². The molecule has 0 spiro atoms. The number of thiocarbonyl (C=S) groups is 1. The molecule has 0 fully saturated rings. The van der Waals surface area contributed by atoms with Crippen molar-refractivity contribution in [1.29, 1.82) is 0 Å². The number of aromatic nitrogens is 2. The minimum atomic E-state index is -2.21. The third-order valence-corrected chi connectivity index (χ3v) is 4.06. The first-order valence-corrected chi connectivity index (χ1v) is 8.42. The second-order valence-corrected chi connectivity index (χ2v) is 6.38. The largest absolute Gasteiger partial charge is 0.332 e. The lowest BCUT2D eigenvalue weighted by molar-refractivity contribution is 0.367. The molecule has 146 valence electrons. The fourth-order valence-electron chi connectivity index (χ4n) is 2.28. The molecule has 3 rings (SSSR count). The van der Waals surface area contributed by atoms with E-state index in [1.807, 2.05) is 0 Å². The molecule has 28 heavy (non-hydrogen) atoms. The summed E-state index contributed by atoms with van der Waals surface area (Å²) >= 11 is 10.9. The highest BCUT2D eigenvalue weighted by Crippen LogP contribution is 2.24. The molecule has 1 heterocycles. The third kappa shape index (κ3) is 4.23. The minimum Gasteiger partial charge on any atom is -0.332 e. The maximum absolute atomic E-state index is 13.8. The Labute approximate surface area is 165 Å². The van der Waals surface area contributed by atoms with Crippen LogP contribution in [0.5, 0.6) is 0 Å². The predicted molar refractivity (Wildman–Crippen MR) is 98.9 cm³/mol. The average Bonchev–Trinajstić information content (AvgIpc) is 3.10. The van der Waals surface area contributed by atoms with Crippen molar-refractivity contribution in [2.24, 2.45) is 0 Å². The molecule has 2 aromatic carbocycles. The van der Waals surface area contributed by atoms with Crippen molar-refractivity contribution in [3.8, 4) is 0 Å². The SMILES string of the molecule is Fc1c(F)c(F)c(Cn2ccc(NC(=S)Nc3ccc(Cl)cc3)n2)c(F)c1F. The molecular weight excluding hydrogens is 423 g/mol. The molecule has 2 N–H and O–H groups in total. The smallest absolute Gasteiger partial charge is 0.200 e. The molecule has 0 aliphatic rings. The molecule has 4 nitrogen and oxygen atoms in total. The molecule has 11 heteroatoms. The second-order valence-electron chi connectivity index (χ2n) is 5.53. The zero-order valence-corrected chi connectivity index (χ0v) is 15.3. The first-order chi connectivity index (χ1) is 13.3. The van der Waals surface area contributed by atoms with E-state index in [1.165, 1.54) is 12.3 Å². The van der Waals surface area contributed by atoms with Crippen molar-refractivity contribution in [1.82, 2.24) is 9.78 Å². The molecule has 0 aliphatic heterocycles. The first-order valence-electron chi connectivity index (χ1n) is 7.63. The lowest BCUT2D eigenvalue weighted by Crippen LogP contribution is -2.19. The van der Waals surface area contributed by atoms with Gasteiger partial charge >= 0.3 is 0 Å². The van der Waals surface area contributed by atoms with Crippen LogP contribution in [0, 0.1) is 29.1 Å². The molecule has 0 saturated heterocycles. The molecule has 0 unspecified atom stereocenters. The van der Waals surface area contributed by atoms with Gasteiger partial charge in [0.1, 0.15) is 0 Å². The molecule has 3 aromatic rings. The van der Waals surface area contributed by atoms with Crippen LogP contribution < -0.4 is 10.6 Å². The normalized spacial score (nSPS) is 10.8. The van der Waals surface area contributed by atoms with Crippen molar-refractivity contribution in [2.45, 2.75) is 6.54 Å².